The summed E-state index contributed by atoms with van der Waals surface area (Å²) < 4.78 is 9.41. The number of para-hydroxylation sites is 3. The molecule has 0 atom stereocenters. The van der Waals surface area contributed by atoms with Gasteiger partial charge in [-0.25, -0.2) is 4.98 Å². The highest BCUT2D eigenvalue weighted by Gasteiger charge is 2.17. The van der Waals surface area contributed by atoms with E-state index in [1.165, 1.54) is 16.8 Å². The van der Waals surface area contributed by atoms with E-state index in [-0.39, 0.29) is 11.2 Å². The van der Waals surface area contributed by atoms with Gasteiger partial charge in [-0.1, -0.05) is 60.7 Å². The highest BCUT2D eigenvalue weighted by Crippen LogP contribution is 2.27. The molecule has 0 spiro atoms. The van der Waals surface area contributed by atoms with Gasteiger partial charge in [-0.15, -0.1) is 0 Å². The van der Waals surface area contributed by atoms with Gasteiger partial charge in [-0.05, 0) is 35.9 Å². The Morgan fingerprint density at radius 3 is 2.44 bits per heavy atom. The van der Waals surface area contributed by atoms with E-state index >= 15 is 0 Å². The minimum Gasteiger partial charge on any atom is -0.453 e. The van der Waals surface area contributed by atoms with Crippen molar-refractivity contribution in [3.63, 3.8) is 0 Å². The van der Waals surface area contributed by atoms with Gasteiger partial charge in [-0.3, -0.25) is 14.9 Å². The number of benzene rings is 4. The van der Waals surface area contributed by atoms with Crippen molar-refractivity contribution in [1.82, 2.24) is 14.2 Å². The summed E-state index contributed by atoms with van der Waals surface area (Å²) in [5, 5.41) is 18.0. The molecule has 0 saturated carbocycles. The van der Waals surface area contributed by atoms with Gasteiger partial charge in [0.15, 0.2) is 5.76 Å². The van der Waals surface area contributed by atoms with E-state index in [0.29, 0.717) is 34.6 Å². The molecule has 0 unspecified atom stereocenters. The molecule has 3 heterocycles. The molecule has 198 valence electrons. The highest BCUT2D eigenvalue weighted by atomic mass is 16.6. The van der Waals surface area contributed by atoms with Gasteiger partial charge in [0, 0.05) is 46.7 Å². The third-order valence-electron chi connectivity index (χ3n) is 7.03. The van der Waals surface area contributed by atoms with Crippen LogP contribution in [0.3, 0.4) is 0 Å². The molecule has 4 aromatic carbocycles. The van der Waals surface area contributed by atoms with Crippen LogP contribution in [0.1, 0.15) is 11.1 Å². The van der Waals surface area contributed by atoms with E-state index in [4.69, 9.17) is 9.40 Å². The van der Waals surface area contributed by atoms with Crippen LogP contribution in [-0.4, -0.2) is 25.4 Å². The molecule has 0 bridgehead atoms. The Balaban J connectivity index is 1.34. The molecule has 0 N–H and O–H groups in total. The summed E-state index contributed by atoms with van der Waals surface area (Å²) in [6.07, 6.45) is 3.61. The summed E-state index contributed by atoms with van der Waals surface area (Å²) in [5.41, 5.74) is 3.67. The maximum Gasteiger partial charge on any atom is 0.282 e. The minimum atomic E-state index is -0.410. The van der Waals surface area contributed by atoms with Crippen LogP contribution in [0.25, 0.3) is 44.4 Å². The van der Waals surface area contributed by atoms with Crippen LogP contribution in [0.15, 0.2) is 124 Å². The number of furan rings is 1. The summed E-state index contributed by atoms with van der Waals surface area (Å²) in [4.78, 5) is 29.1. The van der Waals surface area contributed by atoms with Crippen molar-refractivity contribution >= 4 is 44.7 Å². The zero-order valence-electron chi connectivity index (χ0n) is 21.5. The van der Waals surface area contributed by atoms with E-state index in [0.717, 1.165) is 27.4 Å². The van der Waals surface area contributed by atoms with E-state index in [1.807, 2.05) is 66.9 Å². The molecule has 0 radical (unpaired) electrons. The lowest BCUT2D eigenvalue weighted by Gasteiger charge is -2.07. The van der Waals surface area contributed by atoms with Crippen molar-refractivity contribution < 1.29 is 9.34 Å². The lowest BCUT2D eigenvalue weighted by atomic mass is 10.2. The molecule has 0 saturated heterocycles. The Bertz CT molecular complexity index is 2160. The fraction of sp³-hybridized carbons (Fsp3) is 0.0312. The summed E-state index contributed by atoms with van der Waals surface area (Å²) in [6, 6.07) is 31.0. The molecule has 0 aliphatic rings. The van der Waals surface area contributed by atoms with E-state index < -0.39 is 4.92 Å². The molecule has 0 fully saturated rings. The molecule has 0 amide bonds. The second kappa shape index (κ2) is 9.73. The number of hydrogen-bond acceptors (Lipinski definition) is 6. The molecule has 3 aromatic heterocycles. The van der Waals surface area contributed by atoms with Crippen LogP contribution in [0.5, 0.6) is 0 Å². The van der Waals surface area contributed by atoms with Gasteiger partial charge in [0.2, 0.25) is 5.82 Å². The Morgan fingerprint density at radius 1 is 0.902 bits per heavy atom. The molecular weight excluding hydrogens is 518 g/mol. The zero-order valence-corrected chi connectivity index (χ0v) is 21.5. The van der Waals surface area contributed by atoms with Gasteiger partial charge in [-0.2, -0.15) is 9.78 Å². The Morgan fingerprint density at radius 2 is 1.63 bits per heavy atom. The first kappa shape index (κ1) is 24.2. The van der Waals surface area contributed by atoms with Crippen LogP contribution in [0, 0.1) is 10.1 Å². The minimum absolute atomic E-state index is 0.0497. The fourth-order valence-electron chi connectivity index (χ4n) is 5.03. The molecule has 41 heavy (non-hydrogen) atoms. The first-order chi connectivity index (χ1) is 20.0. The second-order valence-electron chi connectivity index (χ2n) is 9.62. The molecule has 0 aliphatic carbocycles. The van der Waals surface area contributed by atoms with E-state index in [2.05, 4.69) is 9.67 Å². The monoisotopic (exact) mass is 539 g/mol. The van der Waals surface area contributed by atoms with Gasteiger partial charge >= 0.3 is 0 Å². The lowest BCUT2D eigenvalue weighted by molar-refractivity contribution is -0.384. The highest BCUT2D eigenvalue weighted by molar-refractivity contribution is 5.99. The first-order valence-corrected chi connectivity index (χ1v) is 12.9. The Labute approximate surface area is 232 Å². The van der Waals surface area contributed by atoms with Crippen molar-refractivity contribution in [2.75, 3.05) is 0 Å². The third-order valence-corrected chi connectivity index (χ3v) is 7.03. The SMILES string of the molecule is O=c1c2ccccc2nc(-c2cc3ccccc3o2)n1N=Cc1cn(Cc2ccc([N+](=O)[O-])cc2)c2ccccc12. The average molecular weight is 540 g/mol. The standard InChI is InChI=1S/C32H21N5O4/c38-32-26-9-2-4-10-27(26)34-31(30-17-22-7-1-6-12-29(22)41-30)36(32)33-18-23-20-35(28-11-5-3-8-25(23)28)19-21-13-15-24(16-14-21)37(39)40/h1-18,20H,19H2. The van der Waals surface area contributed by atoms with Crippen LogP contribution in [0.2, 0.25) is 0 Å². The number of fused-ring (bicyclic) bond motifs is 3. The summed E-state index contributed by atoms with van der Waals surface area (Å²) in [6.45, 7) is 0.508. The lowest BCUT2D eigenvalue weighted by Crippen LogP contribution is -2.20. The topological polar surface area (TPSA) is 108 Å². The van der Waals surface area contributed by atoms with Gasteiger partial charge in [0.05, 0.1) is 22.0 Å². The van der Waals surface area contributed by atoms with Crippen molar-refractivity contribution in [3.8, 4) is 11.6 Å². The number of nitro benzene ring substituents is 1. The van der Waals surface area contributed by atoms with Crippen molar-refractivity contribution in [1.29, 1.82) is 0 Å². The van der Waals surface area contributed by atoms with E-state index in [1.54, 1.807) is 36.5 Å². The number of nitro groups is 1. The quantitative estimate of drug-likeness (QED) is 0.134. The molecular formula is C32H21N5O4. The van der Waals surface area contributed by atoms with Crippen LogP contribution in [0.4, 0.5) is 5.69 Å². The number of non-ortho nitro benzene ring substituents is 1. The zero-order chi connectivity index (χ0) is 27.9. The fourth-order valence-corrected chi connectivity index (χ4v) is 5.03. The molecule has 7 aromatic rings. The van der Waals surface area contributed by atoms with E-state index in [9.17, 15) is 14.9 Å². The van der Waals surface area contributed by atoms with Gasteiger partial charge in [0.25, 0.3) is 11.2 Å². The van der Waals surface area contributed by atoms with Crippen molar-refractivity contribution in [2.24, 2.45) is 5.10 Å². The number of rotatable bonds is 6. The first-order valence-electron chi connectivity index (χ1n) is 12.9. The number of hydrogen-bond donors (Lipinski definition) is 0. The summed E-state index contributed by atoms with van der Waals surface area (Å²) >= 11 is 0. The summed E-state index contributed by atoms with van der Waals surface area (Å²) in [5.74, 6) is 0.738. The average Bonchev–Trinajstić information content (AvgIpc) is 3.59. The van der Waals surface area contributed by atoms with Gasteiger partial charge in [0.1, 0.15) is 5.58 Å². The molecule has 9 heteroatoms. The molecule has 0 aliphatic heterocycles. The Hall–Kier alpha value is -5.83. The Kier molecular flexibility index (Phi) is 5.75. The van der Waals surface area contributed by atoms with Crippen molar-refractivity contribution in [2.45, 2.75) is 6.54 Å². The largest absolute Gasteiger partial charge is 0.453 e. The van der Waals surface area contributed by atoms with Crippen LogP contribution in [-0.2, 0) is 6.54 Å². The summed E-state index contributed by atoms with van der Waals surface area (Å²) in [7, 11) is 0. The maximum absolute atomic E-state index is 13.7. The number of nitrogens with zero attached hydrogens (tertiary/aromatic N) is 5. The third kappa shape index (κ3) is 4.35. The maximum atomic E-state index is 13.7. The van der Waals surface area contributed by atoms with Crippen molar-refractivity contribution in [3.05, 3.63) is 141 Å². The van der Waals surface area contributed by atoms with Crippen LogP contribution < -0.4 is 5.56 Å². The molecule has 9 nitrogen and oxygen atoms in total. The predicted octanol–water partition coefficient (Wildman–Crippen LogP) is 6.60. The second-order valence-corrected chi connectivity index (χ2v) is 9.62. The predicted molar refractivity (Wildman–Crippen MR) is 158 cm³/mol. The number of aromatic nitrogens is 3. The van der Waals surface area contributed by atoms with Gasteiger partial charge < -0.3 is 8.98 Å². The normalized spacial score (nSPS) is 11.7. The molecule has 7 rings (SSSR count). The smallest absolute Gasteiger partial charge is 0.282 e. The van der Waals surface area contributed by atoms with Crippen LogP contribution >= 0.6 is 0 Å².